The van der Waals surface area contributed by atoms with Gasteiger partial charge in [-0.05, 0) is 24.6 Å². The maximum Gasteiger partial charge on any atom is 0.162 e. The van der Waals surface area contributed by atoms with Crippen LogP contribution in [0.5, 0.6) is 0 Å². The lowest BCUT2D eigenvalue weighted by molar-refractivity contribution is 0.629. The lowest BCUT2D eigenvalue weighted by atomic mass is 10.2. The van der Waals surface area contributed by atoms with Gasteiger partial charge < -0.3 is 5.32 Å². The zero-order valence-corrected chi connectivity index (χ0v) is 11.8. The number of halogens is 1. The van der Waals surface area contributed by atoms with E-state index in [1.165, 1.54) is 12.1 Å². The Morgan fingerprint density at radius 1 is 1.05 bits per heavy atom. The molecule has 0 saturated heterocycles. The number of benzene rings is 2. The highest BCUT2D eigenvalue weighted by molar-refractivity contribution is 5.90. The average Bonchev–Trinajstić information content (AvgIpc) is 2.53. The van der Waals surface area contributed by atoms with Crippen molar-refractivity contribution in [2.45, 2.75) is 13.3 Å². The lowest BCUT2D eigenvalue weighted by Crippen LogP contribution is -2.05. The number of rotatable bonds is 4. The molecule has 0 aliphatic carbocycles. The van der Waals surface area contributed by atoms with E-state index in [0.717, 1.165) is 24.0 Å². The van der Waals surface area contributed by atoms with Crippen LogP contribution in [-0.4, -0.2) is 16.5 Å². The van der Waals surface area contributed by atoms with Crippen molar-refractivity contribution in [1.82, 2.24) is 9.97 Å². The molecule has 0 atom stereocenters. The van der Waals surface area contributed by atoms with Gasteiger partial charge in [-0.3, -0.25) is 0 Å². The van der Waals surface area contributed by atoms with Gasteiger partial charge in [0, 0.05) is 17.5 Å². The number of nitrogens with zero attached hydrogens (tertiary/aromatic N) is 2. The van der Waals surface area contributed by atoms with Gasteiger partial charge >= 0.3 is 0 Å². The van der Waals surface area contributed by atoms with Gasteiger partial charge in [0.25, 0.3) is 0 Å². The van der Waals surface area contributed by atoms with Crippen molar-refractivity contribution >= 4 is 16.7 Å². The van der Waals surface area contributed by atoms with E-state index in [1.54, 1.807) is 6.07 Å². The minimum atomic E-state index is -0.280. The Hall–Kier alpha value is -2.49. The van der Waals surface area contributed by atoms with Gasteiger partial charge in [-0.15, -0.1) is 0 Å². The normalized spacial score (nSPS) is 10.8. The van der Waals surface area contributed by atoms with Gasteiger partial charge in [-0.25, -0.2) is 14.4 Å². The van der Waals surface area contributed by atoms with E-state index in [2.05, 4.69) is 22.2 Å². The summed E-state index contributed by atoms with van der Waals surface area (Å²) in [5.41, 5.74) is 1.69. The van der Waals surface area contributed by atoms with Crippen LogP contribution in [-0.2, 0) is 0 Å². The molecule has 1 aromatic heterocycles. The Bertz CT molecular complexity index is 757. The Balaban J connectivity index is 2.17. The molecule has 106 valence electrons. The van der Waals surface area contributed by atoms with E-state index in [0.29, 0.717) is 17.0 Å². The topological polar surface area (TPSA) is 37.8 Å². The van der Waals surface area contributed by atoms with Gasteiger partial charge in [-0.1, -0.05) is 37.3 Å². The molecular weight excluding hydrogens is 265 g/mol. The zero-order chi connectivity index (χ0) is 14.7. The van der Waals surface area contributed by atoms with Crippen LogP contribution in [0.2, 0.25) is 0 Å². The Labute approximate surface area is 122 Å². The first kappa shape index (κ1) is 13.5. The summed E-state index contributed by atoms with van der Waals surface area (Å²) in [7, 11) is 0. The van der Waals surface area contributed by atoms with Crippen LogP contribution in [0.3, 0.4) is 0 Å². The van der Waals surface area contributed by atoms with Gasteiger partial charge in [0.1, 0.15) is 11.6 Å². The summed E-state index contributed by atoms with van der Waals surface area (Å²) in [5, 5.41) is 3.97. The molecule has 0 bridgehead atoms. The summed E-state index contributed by atoms with van der Waals surface area (Å²) in [6.45, 7) is 2.87. The van der Waals surface area contributed by atoms with E-state index >= 15 is 0 Å². The molecule has 0 aliphatic heterocycles. The molecule has 0 radical (unpaired) electrons. The molecule has 0 unspecified atom stereocenters. The van der Waals surface area contributed by atoms with E-state index < -0.39 is 0 Å². The second-order valence-corrected chi connectivity index (χ2v) is 4.85. The van der Waals surface area contributed by atoms with Crippen molar-refractivity contribution < 1.29 is 4.39 Å². The van der Waals surface area contributed by atoms with Gasteiger partial charge in [0.05, 0.1) is 5.52 Å². The fourth-order valence-electron chi connectivity index (χ4n) is 2.20. The van der Waals surface area contributed by atoms with Gasteiger partial charge in [0.2, 0.25) is 0 Å². The van der Waals surface area contributed by atoms with Crippen molar-refractivity contribution in [3.8, 4) is 11.4 Å². The summed E-state index contributed by atoms with van der Waals surface area (Å²) in [6, 6.07) is 14.4. The maximum absolute atomic E-state index is 13.5. The summed E-state index contributed by atoms with van der Waals surface area (Å²) in [5.74, 6) is 1.05. The quantitative estimate of drug-likeness (QED) is 0.776. The monoisotopic (exact) mass is 281 g/mol. The number of anilines is 1. The van der Waals surface area contributed by atoms with Gasteiger partial charge in [-0.2, -0.15) is 0 Å². The Morgan fingerprint density at radius 2 is 1.86 bits per heavy atom. The number of hydrogen-bond donors (Lipinski definition) is 1. The number of nitrogens with one attached hydrogen (secondary N) is 1. The van der Waals surface area contributed by atoms with E-state index in [9.17, 15) is 4.39 Å². The van der Waals surface area contributed by atoms with Gasteiger partial charge in [0.15, 0.2) is 5.82 Å². The summed E-state index contributed by atoms with van der Waals surface area (Å²) in [4.78, 5) is 9.10. The predicted molar refractivity (Wildman–Crippen MR) is 83.7 cm³/mol. The third-order valence-corrected chi connectivity index (χ3v) is 3.23. The van der Waals surface area contributed by atoms with Crippen molar-refractivity contribution in [2.24, 2.45) is 0 Å². The van der Waals surface area contributed by atoms with Crippen LogP contribution in [0, 0.1) is 5.82 Å². The molecular formula is C17H16FN3. The number of fused-ring (bicyclic) bond motifs is 1. The van der Waals surface area contributed by atoms with Crippen LogP contribution in [0.1, 0.15) is 13.3 Å². The summed E-state index contributed by atoms with van der Waals surface area (Å²) >= 11 is 0. The summed E-state index contributed by atoms with van der Waals surface area (Å²) < 4.78 is 13.5. The minimum absolute atomic E-state index is 0.280. The molecule has 1 heterocycles. The summed E-state index contributed by atoms with van der Waals surface area (Å²) in [6.07, 6.45) is 0.974. The molecule has 0 saturated carbocycles. The molecule has 2 aromatic carbocycles. The van der Waals surface area contributed by atoms with Crippen molar-refractivity contribution in [3.63, 3.8) is 0 Å². The molecule has 0 spiro atoms. The van der Waals surface area contributed by atoms with Crippen LogP contribution >= 0.6 is 0 Å². The smallest absolute Gasteiger partial charge is 0.162 e. The number of hydrogen-bond acceptors (Lipinski definition) is 3. The molecule has 3 nitrogen and oxygen atoms in total. The largest absolute Gasteiger partial charge is 0.369 e. The third kappa shape index (κ3) is 2.84. The Kier molecular flexibility index (Phi) is 3.77. The molecule has 3 aromatic rings. The van der Waals surface area contributed by atoms with Crippen LogP contribution in [0.25, 0.3) is 22.3 Å². The number of aromatic nitrogens is 2. The fraction of sp³-hybridized carbons (Fsp3) is 0.176. The minimum Gasteiger partial charge on any atom is -0.369 e. The molecule has 1 N–H and O–H groups in total. The first-order chi connectivity index (χ1) is 10.3. The second-order valence-electron chi connectivity index (χ2n) is 4.85. The van der Waals surface area contributed by atoms with Crippen molar-refractivity contribution in [2.75, 3.05) is 11.9 Å². The van der Waals surface area contributed by atoms with E-state index in [-0.39, 0.29) is 5.82 Å². The standard InChI is InChI=1S/C17H16FN3/c1-2-10-19-17-14-11-13(18)8-9-15(14)20-16(21-17)12-6-4-3-5-7-12/h3-9,11H,2,10H2,1H3,(H,19,20,21). The first-order valence-corrected chi connectivity index (χ1v) is 7.04. The fourth-order valence-corrected chi connectivity index (χ4v) is 2.20. The zero-order valence-electron chi connectivity index (χ0n) is 11.8. The van der Waals surface area contributed by atoms with Crippen molar-refractivity contribution in [3.05, 3.63) is 54.3 Å². The first-order valence-electron chi connectivity index (χ1n) is 7.04. The van der Waals surface area contributed by atoms with Crippen LogP contribution < -0.4 is 5.32 Å². The van der Waals surface area contributed by atoms with Crippen LogP contribution in [0.15, 0.2) is 48.5 Å². The molecule has 0 amide bonds. The molecule has 0 aliphatic rings. The average molecular weight is 281 g/mol. The molecule has 21 heavy (non-hydrogen) atoms. The molecule has 3 rings (SSSR count). The Morgan fingerprint density at radius 3 is 2.62 bits per heavy atom. The highest BCUT2D eigenvalue weighted by Crippen LogP contribution is 2.25. The third-order valence-electron chi connectivity index (χ3n) is 3.23. The van der Waals surface area contributed by atoms with Crippen molar-refractivity contribution in [1.29, 1.82) is 0 Å². The van der Waals surface area contributed by atoms with E-state index in [4.69, 9.17) is 0 Å². The SMILES string of the molecule is CCCNc1nc(-c2ccccc2)nc2ccc(F)cc12. The van der Waals surface area contributed by atoms with E-state index in [1.807, 2.05) is 30.3 Å². The highest BCUT2D eigenvalue weighted by atomic mass is 19.1. The highest BCUT2D eigenvalue weighted by Gasteiger charge is 2.09. The maximum atomic E-state index is 13.5. The lowest BCUT2D eigenvalue weighted by Gasteiger charge is -2.10. The second kappa shape index (κ2) is 5.87. The van der Waals surface area contributed by atoms with Crippen LogP contribution in [0.4, 0.5) is 10.2 Å². The predicted octanol–water partition coefficient (Wildman–Crippen LogP) is 4.26. The molecule has 4 heteroatoms. The molecule has 0 fully saturated rings.